The average Bonchev–Trinajstić information content (AvgIpc) is 2.26. The maximum Gasteiger partial charge on any atom is 0.341 e. The van der Waals surface area contributed by atoms with Crippen LogP contribution in [0.4, 0.5) is 0 Å². The van der Waals surface area contributed by atoms with Gasteiger partial charge >= 0.3 is 5.97 Å². The molecule has 0 aromatic heterocycles. The molecule has 0 spiro atoms. The third-order valence-corrected chi connectivity index (χ3v) is 2.03. The predicted octanol–water partition coefficient (Wildman–Crippen LogP) is 1.81. The van der Waals surface area contributed by atoms with Crippen LogP contribution in [0.1, 0.15) is 5.56 Å². The zero-order chi connectivity index (χ0) is 12.0. The van der Waals surface area contributed by atoms with Crippen LogP contribution in [0.3, 0.4) is 0 Å². The van der Waals surface area contributed by atoms with Crippen molar-refractivity contribution in [3.63, 3.8) is 0 Å². The molecule has 0 atom stereocenters. The molecule has 0 saturated carbocycles. The fraction of sp³-hybridized carbons (Fsp3) is 0.182. The summed E-state index contributed by atoms with van der Waals surface area (Å²) in [5.41, 5.74) is 0.777. The van der Waals surface area contributed by atoms with Gasteiger partial charge in [-0.2, -0.15) is 0 Å². The summed E-state index contributed by atoms with van der Waals surface area (Å²) < 4.78 is 4.99. The minimum Gasteiger partial charge on any atom is -0.480 e. The quantitative estimate of drug-likeness (QED) is 0.826. The van der Waals surface area contributed by atoms with Gasteiger partial charge in [-0.05, 0) is 17.7 Å². The van der Waals surface area contributed by atoms with Crippen molar-refractivity contribution in [2.24, 2.45) is 0 Å². The van der Waals surface area contributed by atoms with Crippen LogP contribution in [0.15, 0.2) is 24.3 Å². The second kappa shape index (κ2) is 6.15. The summed E-state index contributed by atoms with van der Waals surface area (Å²) in [7, 11) is 0. The van der Waals surface area contributed by atoms with Crippen LogP contribution in [0, 0.1) is 0 Å². The van der Waals surface area contributed by atoms with E-state index in [2.05, 4.69) is 0 Å². The molecule has 0 aliphatic heterocycles. The topological polar surface area (TPSA) is 66.8 Å². The summed E-state index contributed by atoms with van der Waals surface area (Å²) in [6.45, 7) is -0.499. The molecule has 0 aliphatic carbocycles. The first-order chi connectivity index (χ1) is 7.63. The maximum atomic E-state index is 10.3. The van der Waals surface area contributed by atoms with Gasteiger partial charge < -0.3 is 14.9 Å². The molecule has 0 fully saturated rings. The van der Waals surface area contributed by atoms with E-state index in [0.29, 0.717) is 10.8 Å². The molecule has 5 heteroatoms. The smallest absolute Gasteiger partial charge is 0.341 e. The lowest BCUT2D eigenvalue weighted by Crippen LogP contribution is -2.09. The van der Waals surface area contributed by atoms with E-state index in [4.69, 9.17) is 26.6 Å². The average molecular weight is 243 g/mol. The van der Waals surface area contributed by atoms with Crippen molar-refractivity contribution in [2.75, 3.05) is 13.2 Å². The number of aliphatic hydroxyl groups excluding tert-OH is 1. The lowest BCUT2D eigenvalue weighted by molar-refractivity contribution is -0.139. The van der Waals surface area contributed by atoms with Crippen LogP contribution in [-0.2, 0) is 4.79 Å². The van der Waals surface area contributed by atoms with Crippen molar-refractivity contribution in [3.05, 3.63) is 34.9 Å². The normalized spacial score (nSPS) is 10.6. The van der Waals surface area contributed by atoms with Crippen molar-refractivity contribution >= 4 is 23.6 Å². The summed E-state index contributed by atoms with van der Waals surface area (Å²) >= 11 is 5.82. The van der Waals surface area contributed by atoms with E-state index in [9.17, 15) is 4.79 Å². The number of carbonyl (C=O) groups is 1. The molecule has 1 aromatic rings. The van der Waals surface area contributed by atoms with E-state index in [1.807, 2.05) is 0 Å². The summed E-state index contributed by atoms with van der Waals surface area (Å²) in [6.07, 6.45) is 3.24. The van der Waals surface area contributed by atoms with Crippen LogP contribution in [0.2, 0.25) is 5.02 Å². The highest BCUT2D eigenvalue weighted by atomic mass is 35.5. The molecular formula is C11H11ClO4. The lowest BCUT2D eigenvalue weighted by Gasteiger charge is -2.06. The van der Waals surface area contributed by atoms with Gasteiger partial charge in [-0.1, -0.05) is 29.8 Å². The van der Waals surface area contributed by atoms with Crippen LogP contribution >= 0.6 is 11.6 Å². The highest BCUT2D eigenvalue weighted by Crippen LogP contribution is 2.25. The molecule has 0 unspecified atom stereocenters. The van der Waals surface area contributed by atoms with Crippen molar-refractivity contribution in [1.82, 2.24) is 0 Å². The van der Waals surface area contributed by atoms with Crippen molar-refractivity contribution in [1.29, 1.82) is 0 Å². The Morgan fingerprint density at radius 1 is 1.50 bits per heavy atom. The van der Waals surface area contributed by atoms with Crippen LogP contribution in [0.25, 0.3) is 6.08 Å². The number of benzene rings is 1. The number of hydrogen-bond acceptors (Lipinski definition) is 3. The van der Waals surface area contributed by atoms with Crippen LogP contribution in [0.5, 0.6) is 5.75 Å². The summed E-state index contributed by atoms with van der Waals surface area (Å²) in [4.78, 5) is 10.3. The number of ether oxygens (including phenoxy) is 1. The molecule has 4 nitrogen and oxygen atoms in total. The van der Waals surface area contributed by atoms with E-state index >= 15 is 0 Å². The number of aliphatic carboxylic acids is 1. The fourth-order valence-electron chi connectivity index (χ4n) is 1.06. The summed E-state index contributed by atoms with van der Waals surface area (Å²) in [6, 6.07) is 4.95. The first-order valence-electron chi connectivity index (χ1n) is 4.55. The molecule has 0 aliphatic rings. The van der Waals surface area contributed by atoms with E-state index in [-0.39, 0.29) is 6.61 Å². The predicted molar refractivity (Wildman–Crippen MR) is 60.7 cm³/mol. The second-order valence-corrected chi connectivity index (χ2v) is 3.36. The Balaban J connectivity index is 2.81. The molecule has 0 amide bonds. The van der Waals surface area contributed by atoms with Gasteiger partial charge in [0.1, 0.15) is 5.75 Å². The van der Waals surface area contributed by atoms with Crippen molar-refractivity contribution < 1.29 is 19.7 Å². The first-order valence-corrected chi connectivity index (χ1v) is 4.93. The molecule has 2 N–H and O–H groups in total. The number of halogens is 1. The van der Waals surface area contributed by atoms with Gasteiger partial charge in [-0.25, -0.2) is 4.79 Å². The third-order valence-electron chi connectivity index (χ3n) is 1.72. The summed E-state index contributed by atoms with van der Waals surface area (Å²) in [5.74, 6) is -0.753. The van der Waals surface area contributed by atoms with Gasteiger partial charge in [0.2, 0.25) is 0 Å². The molecule has 0 bridgehead atoms. The van der Waals surface area contributed by atoms with Crippen LogP contribution in [-0.4, -0.2) is 29.4 Å². The van der Waals surface area contributed by atoms with E-state index < -0.39 is 12.6 Å². The number of hydrogen-bond donors (Lipinski definition) is 2. The lowest BCUT2D eigenvalue weighted by atomic mass is 10.2. The minimum atomic E-state index is -1.06. The SMILES string of the molecule is O=C(O)COc1cc(/C=C/CO)ccc1Cl. The zero-order valence-electron chi connectivity index (χ0n) is 8.39. The maximum absolute atomic E-state index is 10.3. The molecule has 16 heavy (non-hydrogen) atoms. The highest BCUT2D eigenvalue weighted by Gasteiger charge is 2.04. The Morgan fingerprint density at radius 2 is 2.25 bits per heavy atom. The Kier molecular flexibility index (Phi) is 4.82. The molecule has 86 valence electrons. The van der Waals surface area contributed by atoms with Gasteiger partial charge in [0, 0.05) is 0 Å². The van der Waals surface area contributed by atoms with Gasteiger partial charge in [-0.15, -0.1) is 0 Å². The largest absolute Gasteiger partial charge is 0.480 e. The van der Waals surface area contributed by atoms with E-state index in [1.165, 1.54) is 0 Å². The Bertz CT molecular complexity index is 401. The van der Waals surface area contributed by atoms with Crippen LogP contribution < -0.4 is 4.74 Å². The number of carboxylic acids is 1. The Hall–Kier alpha value is -1.52. The van der Waals surface area contributed by atoms with Gasteiger partial charge in [0.05, 0.1) is 11.6 Å². The number of carboxylic acid groups (broad SMARTS) is 1. The first kappa shape index (κ1) is 12.5. The fourth-order valence-corrected chi connectivity index (χ4v) is 1.23. The van der Waals surface area contributed by atoms with Gasteiger partial charge in [-0.3, -0.25) is 0 Å². The van der Waals surface area contributed by atoms with E-state index in [1.54, 1.807) is 30.4 Å². The minimum absolute atomic E-state index is 0.0616. The summed E-state index contributed by atoms with van der Waals surface area (Å²) in [5, 5.41) is 17.4. The van der Waals surface area contributed by atoms with Gasteiger partial charge in [0.15, 0.2) is 6.61 Å². The molecular weight excluding hydrogens is 232 g/mol. The molecule has 0 heterocycles. The Morgan fingerprint density at radius 3 is 2.88 bits per heavy atom. The van der Waals surface area contributed by atoms with Crippen molar-refractivity contribution in [3.8, 4) is 5.75 Å². The second-order valence-electron chi connectivity index (χ2n) is 2.96. The molecule has 1 rings (SSSR count). The third kappa shape index (κ3) is 3.92. The Labute approximate surface area is 97.7 Å². The highest BCUT2D eigenvalue weighted by molar-refractivity contribution is 6.32. The number of rotatable bonds is 5. The van der Waals surface area contributed by atoms with Gasteiger partial charge in [0.25, 0.3) is 0 Å². The molecule has 0 saturated heterocycles. The standard InChI is InChI=1S/C11H11ClO4/c12-9-4-3-8(2-1-5-13)6-10(9)16-7-11(14)15/h1-4,6,13H,5,7H2,(H,14,15)/b2-1+. The van der Waals surface area contributed by atoms with Crippen molar-refractivity contribution in [2.45, 2.75) is 0 Å². The number of aliphatic hydroxyl groups is 1. The molecule has 0 radical (unpaired) electrons. The monoisotopic (exact) mass is 242 g/mol. The molecule has 1 aromatic carbocycles. The van der Waals surface area contributed by atoms with E-state index in [0.717, 1.165) is 5.56 Å². The zero-order valence-corrected chi connectivity index (χ0v) is 9.15.